The summed E-state index contributed by atoms with van der Waals surface area (Å²) in [6.45, 7) is 0.281. The first-order valence-electron chi connectivity index (χ1n) is 5.47. The maximum atomic E-state index is 13.6. The van der Waals surface area contributed by atoms with Crippen molar-refractivity contribution in [2.24, 2.45) is 5.73 Å². The summed E-state index contributed by atoms with van der Waals surface area (Å²) >= 11 is 1.27. The SMILES string of the molecule is CN(c1ccccc1F)S(=O)(=O)c1csc(CN)c1. The van der Waals surface area contributed by atoms with Gasteiger partial charge in [-0.1, -0.05) is 12.1 Å². The third-order valence-corrected chi connectivity index (χ3v) is 5.54. The first kappa shape index (κ1) is 14.0. The molecule has 0 spiro atoms. The minimum Gasteiger partial charge on any atom is -0.326 e. The molecule has 0 aliphatic carbocycles. The van der Waals surface area contributed by atoms with E-state index in [1.165, 1.54) is 48.0 Å². The molecule has 0 amide bonds. The van der Waals surface area contributed by atoms with E-state index >= 15 is 0 Å². The van der Waals surface area contributed by atoms with E-state index in [0.29, 0.717) is 0 Å². The van der Waals surface area contributed by atoms with Crippen LogP contribution in [0.4, 0.5) is 10.1 Å². The van der Waals surface area contributed by atoms with E-state index in [0.717, 1.165) is 9.18 Å². The lowest BCUT2D eigenvalue weighted by Crippen LogP contribution is -2.27. The fourth-order valence-electron chi connectivity index (χ4n) is 1.60. The van der Waals surface area contributed by atoms with Crippen LogP contribution < -0.4 is 10.0 Å². The van der Waals surface area contributed by atoms with Crippen LogP contribution in [-0.2, 0) is 16.6 Å². The largest absolute Gasteiger partial charge is 0.326 e. The smallest absolute Gasteiger partial charge is 0.265 e. The summed E-state index contributed by atoms with van der Waals surface area (Å²) in [5.74, 6) is -0.581. The van der Waals surface area contributed by atoms with Crippen LogP contribution in [0, 0.1) is 5.82 Å². The van der Waals surface area contributed by atoms with Gasteiger partial charge in [-0.2, -0.15) is 0 Å². The van der Waals surface area contributed by atoms with E-state index in [-0.39, 0.29) is 17.1 Å². The second-order valence-electron chi connectivity index (χ2n) is 3.88. The zero-order valence-corrected chi connectivity index (χ0v) is 11.8. The van der Waals surface area contributed by atoms with Crippen LogP contribution in [0.2, 0.25) is 0 Å². The molecule has 2 aromatic rings. The molecule has 7 heteroatoms. The Labute approximate surface area is 115 Å². The molecule has 0 saturated heterocycles. The highest BCUT2D eigenvalue weighted by Gasteiger charge is 2.24. The van der Waals surface area contributed by atoms with E-state index in [2.05, 4.69) is 0 Å². The molecule has 1 aromatic heterocycles. The van der Waals surface area contributed by atoms with Crippen LogP contribution in [0.5, 0.6) is 0 Å². The molecule has 102 valence electrons. The molecule has 0 fully saturated rings. The molecule has 1 heterocycles. The molecule has 2 N–H and O–H groups in total. The minimum absolute atomic E-state index is 0.0167. The van der Waals surface area contributed by atoms with Gasteiger partial charge in [0.25, 0.3) is 10.0 Å². The molecular weight excluding hydrogens is 287 g/mol. The predicted molar refractivity (Wildman–Crippen MR) is 74.2 cm³/mol. The van der Waals surface area contributed by atoms with Gasteiger partial charge >= 0.3 is 0 Å². The van der Waals surface area contributed by atoms with E-state index in [4.69, 9.17) is 5.73 Å². The monoisotopic (exact) mass is 300 g/mol. The fourth-order valence-corrected chi connectivity index (χ4v) is 3.94. The molecule has 0 unspecified atom stereocenters. The van der Waals surface area contributed by atoms with Crippen molar-refractivity contribution in [2.45, 2.75) is 11.4 Å². The topological polar surface area (TPSA) is 63.4 Å². The van der Waals surface area contributed by atoms with Crippen molar-refractivity contribution in [3.05, 3.63) is 46.4 Å². The van der Waals surface area contributed by atoms with Crippen molar-refractivity contribution in [2.75, 3.05) is 11.4 Å². The highest BCUT2D eigenvalue weighted by atomic mass is 32.2. The summed E-state index contributed by atoms with van der Waals surface area (Å²) in [5.41, 5.74) is 5.48. The fraction of sp³-hybridized carbons (Fsp3) is 0.167. The van der Waals surface area contributed by atoms with Crippen LogP contribution in [0.3, 0.4) is 0 Å². The van der Waals surface area contributed by atoms with Crippen LogP contribution in [0.25, 0.3) is 0 Å². The van der Waals surface area contributed by atoms with Gasteiger partial charge in [0.05, 0.1) is 10.6 Å². The molecular formula is C12H13FN2O2S2. The molecule has 0 atom stereocenters. The third-order valence-electron chi connectivity index (χ3n) is 2.68. The van der Waals surface area contributed by atoms with Gasteiger partial charge in [0.1, 0.15) is 5.82 Å². The number of para-hydroxylation sites is 1. The molecule has 19 heavy (non-hydrogen) atoms. The zero-order valence-electron chi connectivity index (χ0n) is 10.2. The predicted octanol–water partition coefficient (Wildman–Crippen LogP) is 2.17. The highest BCUT2D eigenvalue weighted by molar-refractivity contribution is 7.93. The highest BCUT2D eigenvalue weighted by Crippen LogP contribution is 2.27. The number of hydrogen-bond acceptors (Lipinski definition) is 4. The molecule has 0 bridgehead atoms. The lowest BCUT2D eigenvalue weighted by atomic mass is 10.3. The quantitative estimate of drug-likeness (QED) is 0.941. The molecule has 2 rings (SSSR count). The second-order valence-corrected chi connectivity index (χ2v) is 6.84. The van der Waals surface area contributed by atoms with Crippen molar-refractivity contribution >= 4 is 27.0 Å². The zero-order chi connectivity index (χ0) is 14.0. The number of sulfonamides is 1. The number of nitrogens with two attached hydrogens (primary N) is 1. The number of rotatable bonds is 4. The summed E-state index contributed by atoms with van der Waals surface area (Å²) in [5, 5.41) is 1.51. The molecule has 0 aliphatic heterocycles. The van der Waals surface area contributed by atoms with Crippen molar-refractivity contribution in [1.29, 1.82) is 0 Å². The van der Waals surface area contributed by atoms with Gasteiger partial charge in [-0.3, -0.25) is 4.31 Å². The number of nitrogens with zero attached hydrogens (tertiary/aromatic N) is 1. The van der Waals surface area contributed by atoms with Gasteiger partial charge in [0.15, 0.2) is 0 Å². The lowest BCUT2D eigenvalue weighted by Gasteiger charge is -2.19. The van der Waals surface area contributed by atoms with Crippen LogP contribution in [-0.4, -0.2) is 15.5 Å². The van der Waals surface area contributed by atoms with Crippen molar-refractivity contribution < 1.29 is 12.8 Å². The number of benzene rings is 1. The maximum Gasteiger partial charge on any atom is 0.265 e. The Balaban J connectivity index is 2.42. The van der Waals surface area contributed by atoms with Gasteiger partial charge in [-0.25, -0.2) is 12.8 Å². The maximum absolute atomic E-state index is 13.6. The average Bonchev–Trinajstić information content (AvgIpc) is 2.88. The van der Waals surface area contributed by atoms with Gasteiger partial charge in [0, 0.05) is 23.8 Å². The van der Waals surface area contributed by atoms with E-state index < -0.39 is 15.8 Å². The molecule has 1 aromatic carbocycles. The molecule has 0 saturated carbocycles. The van der Waals surface area contributed by atoms with Crippen molar-refractivity contribution in [1.82, 2.24) is 0 Å². The number of anilines is 1. The summed E-state index contributed by atoms with van der Waals surface area (Å²) in [6, 6.07) is 7.25. The Bertz CT molecular complexity index is 683. The van der Waals surface area contributed by atoms with E-state index in [1.807, 2.05) is 0 Å². The van der Waals surface area contributed by atoms with E-state index in [9.17, 15) is 12.8 Å². The average molecular weight is 300 g/mol. The van der Waals surface area contributed by atoms with Crippen LogP contribution >= 0.6 is 11.3 Å². The molecule has 4 nitrogen and oxygen atoms in total. The Morgan fingerprint density at radius 1 is 1.37 bits per heavy atom. The first-order valence-corrected chi connectivity index (χ1v) is 7.79. The van der Waals surface area contributed by atoms with Crippen molar-refractivity contribution in [3.8, 4) is 0 Å². The van der Waals surface area contributed by atoms with E-state index in [1.54, 1.807) is 6.07 Å². The first-order chi connectivity index (χ1) is 8.96. The van der Waals surface area contributed by atoms with Gasteiger partial charge in [0.2, 0.25) is 0 Å². The second kappa shape index (κ2) is 5.28. The minimum atomic E-state index is -3.76. The standard InChI is InChI=1S/C12H13FN2O2S2/c1-15(12-5-3-2-4-11(12)13)19(16,17)10-6-9(7-14)18-8-10/h2-6,8H,7,14H2,1H3. The Hall–Kier alpha value is -1.44. The third kappa shape index (κ3) is 2.63. The lowest BCUT2D eigenvalue weighted by molar-refractivity contribution is 0.590. The Morgan fingerprint density at radius 2 is 2.05 bits per heavy atom. The van der Waals surface area contributed by atoms with Crippen LogP contribution in [0.15, 0.2) is 40.6 Å². The summed E-state index contributed by atoms with van der Waals surface area (Å²) in [7, 11) is -2.43. The summed E-state index contributed by atoms with van der Waals surface area (Å²) in [6.07, 6.45) is 0. The Morgan fingerprint density at radius 3 is 2.63 bits per heavy atom. The van der Waals surface area contributed by atoms with Gasteiger partial charge in [-0.05, 0) is 18.2 Å². The number of thiophene rings is 1. The number of halogens is 1. The van der Waals surface area contributed by atoms with Crippen molar-refractivity contribution in [3.63, 3.8) is 0 Å². The van der Waals surface area contributed by atoms with Crippen LogP contribution in [0.1, 0.15) is 4.88 Å². The summed E-state index contributed by atoms with van der Waals surface area (Å²) in [4.78, 5) is 0.893. The number of hydrogen-bond donors (Lipinski definition) is 1. The van der Waals surface area contributed by atoms with Gasteiger partial charge < -0.3 is 5.73 Å². The normalized spacial score (nSPS) is 11.5. The molecule has 0 aliphatic rings. The Kier molecular flexibility index (Phi) is 3.88. The molecule has 0 radical (unpaired) electrons. The summed E-state index contributed by atoms with van der Waals surface area (Å²) < 4.78 is 39.2. The van der Waals surface area contributed by atoms with Gasteiger partial charge in [-0.15, -0.1) is 11.3 Å².